The molecule has 2 amide bonds. The van der Waals surface area contributed by atoms with Gasteiger partial charge >= 0.3 is 0 Å². The van der Waals surface area contributed by atoms with E-state index in [1.807, 2.05) is 0 Å². The SMILES string of the molecule is Cc1csc(S(=O)(=O)Nc2ccc(C(=O)N[C@@H](CC3(C)CCCC3)C(=O)NC3C(=O)CO[C@H]3C)cc2)n1. The summed E-state index contributed by atoms with van der Waals surface area (Å²) < 4.78 is 32.8. The Kier molecular flexibility index (Phi) is 8.00. The molecule has 12 heteroatoms. The molecule has 0 radical (unpaired) electrons. The number of sulfonamides is 1. The number of carbonyl (C=O) groups excluding carboxylic acids is 3. The summed E-state index contributed by atoms with van der Waals surface area (Å²) in [4.78, 5) is 42.5. The van der Waals surface area contributed by atoms with Crippen LogP contribution in [-0.4, -0.2) is 55.8 Å². The number of thiazole rings is 1. The van der Waals surface area contributed by atoms with Crippen molar-refractivity contribution in [2.75, 3.05) is 11.3 Å². The summed E-state index contributed by atoms with van der Waals surface area (Å²) in [6.45, 7) is 5.51. The highest BCUT2D eigenvalue weighted by atomic mass is 32.2. The number of aryl methyl sites for hydroxylation is 1. The molecular formula is C25H32N4O6S2. The van der Waals surface area contributed by atoms with Gasteiger partial charge in [-0.05, 0) is 62.8 Å². The molecule has 10 nitrogen and oxygen atoms in total. The Bertz CT molecular complexity index is 1270. The van der Waals surface area contributed by atoms with E-state index in [0.29, 0.717) is 12.1 Å². The van der Waals surface area contributed by atoms with E-state index in [2.05, 4.69) is 27.3 Å². The van der Waals surface area contributed by atoms with Gasteiger partial charge in [0, 0.05) is 22.3 Å². The van der Waals surface area contributed by atoms with Gasteiger partial charge < -0.3 is 15.4 Å². The van der Waals surface area contributed by atoms with Crippen molar-refractivity contribution in [3.63, 3.8) is 0 Å². The van der Waals surface area contributed by atoms with E-state index < -0.39 is 40.0 Å². The maximum atomic E-state index is 13.2. The first-order valence-corrected chi connectivity index (χ1v) is 14.6. The molecule has 200 valence electrons. The lowest BCUT2D eigenvalue weighted by molar-refractivity contribution is -0.128. The molecule has 2 aliphatic rings. The molecule has 1 aliphatic heterocycles. The Morgan fingerprint density at radius 2 is 1.89 bits per heavy atom. The summed E-state index contributed by atoms with van der Waals surface area (Å²) in [6, 6.07) is 4.37. The predicted octanol–water partition coefficient (Wildman–Crippen LogP) is 2.79. The van der Waals surface area contributed by atoms with Crippen LogP contribution in [0.4, 0.5) is 5.69 Å². The van der Waals surface area contributed by atoms with Crippen LogP contribution in [0.3, 0.4) is 0 Å². The molecule has 0 spiro atoms. The molecule has 37 heavy (non-hydrogen) atoms. The van der Waals surface area contributed by atoms with Crippen LogP contribution in [0.5, 0.6) is 0 Å². The molecule has 1 unspecified atom stereocenters. The number of anilines is 1. The number of nitrogens with zero attached hydrogens (tertiary/aromatic N) is 1. The van der Waals surface area contributed by atoms with Crippen LogP contribution in [0.1, 0.15) is 62.0 Å². The molecule has 1 aromatic heterocycles. The van der Waals surface area contributed by atoms with Crippen LogP contribution in [0.25, 0.3) is 0 Å². The molecule has 0 bridgehead atoms. The molecule has 1 saturated carbocycles. The number of benzene rings is 1. The minimum Gasteiger partial charge on any atom is -0.368 e. The van der Waals surface area contributed by atoms with Gasteiger partial charge in [-0.15, -0.1) is 11.3 Å². The summed E-state index contributed by atoms with van der Waals surface area (Å²) >= 11 is 1.02. The van der Waals surface area contributed by atoms with Gasteiger partial charge in [-0.25, -0.2) is 4.98 Å². The van der Waals surface area contributed by atoms with Crippen LogP contribution >= 0.6 is 11.3 Å². The smallest absolute Gasteiger partial charge is 0.289 e. The van der Waals surface area contributed by atoms with E-state index in [0.717, 1.165) is 37.0 Å². The fourth-order valence-corrected chi connectivity index (χ4v) is 6.93. The minimum atomic E-state index is -3.83. The Hall–Kier alpha value is -2.83. The van der Waals surface area contributed by atoms with E-state index in [1.165, 1.54) is 24.3 Å². The fourth-order valence-electron chi connectivity index (χ4n) is 4.83. The van der Waals surface area contributed by atoms with Gasteiger partial charge in [0.1, 0.15) is 18.7 Å². The van der Waals surface area contributed by atoms with E-state index in [9.17, 15) is 22.8 Å². The van der Waals surface area contributed by atoms with E-state index in [-0.39, 0.29) is 33.4 Å². The number of amides is 2. The highest BCUT2D eigenvalue weighted by Crippen LogP contribution is 2.41. The molecule has 2 heterocycles. The van der Waals surface area contributed by atoms with Gasteiger partial charge in [-0.1, -0.05) is 19.8 Å². The molecule has 1 aliphatic carbocycles. The standard InChI is InChI=1S/C25H32N4O6S2/c1-15-14-36-24(26-15)37(33,34)29-18-8-6-17(7-9-18)22(31)27-19(12-25(3)10-4-5-11-25)23(32)28-21-16(2)35-13-20(21)30/h6-9,14,16,19,21,29H,4-5,10-13H2,1-3H3,(H,27,31)(H,28,32)/t16-,19-,21?/m0/s1. The Morgan fingerprint density at radius 1 is 1.22 bits per heavy atom. The summed E-state index contributed by atoms with van der Waals surface area (Å²) in [7, 11) is -3.83. The number of ketones is 1. The zero-order valence-corrected chi connectivity index (χ0v) is 22.7. The minimum absolute atomic E-state index is 0.0402. The third kappa shape index (κ3) is 6.55. The number of Topliss-reactive ketones (excluding diaryl/α,β-unsaturated/α-hetero) is 1. The van der Waals surface area contributed by atoms with Crippen molar-refractivity contribution in [3.05, 3.63) is 40.9 Å². The Balaban J connectivity index is 1.45. The second-order valence-corrected chi connectivity index (χ2v) is 12.9. The van der Waals surface area contributed by atoms with Gasteiger partial charge in [0.2, 0.25) is 10.2 Å². The molecule has 3 N–H and O–H groups in total. The number of nitrogens with one attached hydrogen (secondary N) is 3. The van der Waals surface area contributed by atoms with E-state index in [1.54, 1.807) is 19.2 Å². The molecule has 2 aromatic rings. The van der Waals surface area contributed by atoms with E-state index in [4.69, 9.17) is 4.74 Å². The van der Waals surface area contributed by atoms with Crippen molar-refractivity contribution >= 4 is 44.6 Å². The van der Waals surface area contributed by atoms with Crippen LogP contribution in [0, 0.1) is 12.3 Å². The van der Waals surface area contributed by atoms with E-state index >= 15 is 0 Å². The highest BCUT2D eigenvalue weighted by molar-refractivity contribution is 7.94. The quantitative estimate of drug-likeness (QED) is 0.437. The lowest BCUT2D eigenvalue weighted by Gasteiger charge is -2.30. The second-order valence-electron chi connectivity index (χ2n) is 10.2. The van der Waals surface area contributed by atoms with Crippen molar-refractivity contribution in [3.8, 4) is 0 Å². The first-order valence-electron chi connectivity index (χ1n) is 12.3. The summed E-state index contributed by atoms with van der Waals surface area (Å²) in [5.74, 6) is -1.07. The third-order valence-corrected chi connectivity index (χ3v) is 9.71. The summed E-state index contributed by atoms with van der Waals surface area (Å²) in [5, 5.41) is 7.25. The average molecular weight is 549 g/mol. The number of aromatic nitrogens is 1. The first-order chi connectivity index (χ1) is 17.5. The van der Waals surface area contributed by atoms with Gasteiger partial charge in [0.15, 0.2) is 5.78 Å². The number of hydrogen-bond donors (Lipinski definition) is 3. The summed E-state index contributed by atoms with van der Waals surface area (Å²) in [6.07, 6.45) is 4.08. The van der Waals surface area contributed by atoms with Crippen molar-refractivity contribution in [2.45, 2.75) is 75.4 Å². The van der Waals surface area contributed by atoms with Gasteiger partial charge in [0.25, 0.3) is 15.9 Å². The second kappa shape index (κ2) is 10.9. The normalized spacial score (nSPS) is 22.0. The van der Waals surface area contributed by atoms with Crippen molar-refractivity contribution in [1.82, 2.24) is 15.6 Å². The third-order valence-electron chi connectivity index (χ3n) is 6.96. The monoisotopic (exact) mass is 548 g/mol. The molecule has 3 atom stereocenters. The lowest BCUT2D eigenvalue weighted by atomic mass is 9.81. The Morgan fingerprint density at radius 3 is 2.46 bits per heavy atom. The average Bonchev–Trinajstić information content (AvgIpc) is 3.56. The van der Waals surface area contributed by atoms with Crippen molar-refractivity contribution in [1.29, 1.82) is 0 Å². The van der Waals surface area contributed by atoms with Gasteiger partial charge in [0.05, 0.1) is 6.10 Å². The fraction of sp³-hybridized carbons (Fsp3) is 0.520. The predicted molar refractivity (Wildman–Crippen MR) is 139 cm³/mol. The highest BCUT2D eigenvalue weighted by Gasteiger charge is 2.39. The molecular weight excluding hydrogens is 516 g/mol. The largest absolute Gasteiger partial charge is 0.368 e. The summed E-state index contributed by atoms with van der Waals surface area (Å²) in [5.41, 5.74) is 1.08. The van der Waals surface area contributed by atoms with Gasteiger partial charge in [-0.2, -0.15) is 8.42 Å². The van der Waals surface area contributed by atoms with Crippen LogP contribution in [0.2, 0.25) is 0 Å². The maximum absolute atomic E-state index is 13.2. The number of carbonyl (C=O) groups is 3. The topological polar surface area (TPSA) is 144 Å². The Labute approximate surface area is 220 Å². The molecule has 2 fully saturated rings. The maximum Gasteiger partial charge on any atom is 0.289 e. The zero-order chi connectivity index (χ0) is 26.8. The number of hydrogen-bond acceptors (Lipinski definition) is 8. The van der Waals surface area contributed by atoms with Crippen molar-refractivity contribution in [2.24, 2.45) is 5.41 Å². The van der Waals surface area contributed by atoms with Crippen LogP contribution < -0.4 is 15.4 Å². The first kappa shape index (κ1) is 27.2. The van der Waals surface area contributed by atoms with Crippen molar-refractivity contribution < 1.29 is 27.5 Å². The molecule has 4 rings (SSSR count). The number of ether oxygens (including phenoxy) is 1. The lowest BCUT2D eigenvalue weighted by Crippen LogP contribution is -2.54. The molecule has 1 aromatic carbocycles. The van der Waals surface area contributed by atoms with Gasteiger partial charge in [-0.3, -0.25) is 19.1 Å². The molecule has 1 saturated heterocycles. The number of rotatable bonds is 9. The zero-order valence-electron chi connectivity index (χ0n) is 21.1. The van der Waals surface area contributed by atoms with Crippen LogP contribution in [-0.2, 0) is 24.3 Å². The van der Waals surface area contributed by atoms with Crippen LogP contribution in [0.15, 0.2) is 34.0 Å².